The van der Waals surface area contributed by atoms with Gasteiger partial charge in [-0.25, -0.2) is 9.98 Å². The van der Waals surface area contributed by atoms with Gasteiger partial charge in [-0.3, -0.25) is 0 Å². The van der Waals surface area contributed by atoms with Crippen molar-refractivity contribution < 1.29 is 4.42 Å². The molecule has 0 aliphatic carbocycles. The van der Waals surface area contributed by atoms with Gasteiger partial charge in [-0.15, -0.1) is 0 Å². The van der Waals surface area contributed by atoms with Crippen LogP contribution < -0.4 is 15.5 Å². The lowest BCUT2D eigenvalue weighted by molar-refractivity contribution is 0.383. The predicted octanol–water partition coefficient (Wildman–Crippen LogP) is 3.48. The van der Waals surface area contributed by atoms with E-state index in [2.05, 4.69) is 84.4 Å². The smallest absolute Gasteiger partial charge is 0.216 e. The monoisotopic (exact) mass is 383 g/mol. The first kappa shape index (κ1) is 20.2. The number of fused-ring (bicyclic) bond motifs is 1. The normalized spacial score (nSPS) is 15.5. The van der Waals surface area contributed by atoms with Crippen molar-refractivity contribution in [2.45, 2.75) is 59.0 Å². The molecule has 152 valence electrons. The Balaban J connectivity index is 1.58. The van der Waals surface area contributed by atoms with E-state index in [4.69, 9.17) is 4.42 Å². The van der Waals surface area contributed by atoms with Crippen LogP contribution in [0, 0.1) is 0 Å². The molecule has 1 aromatic heterocycles. The van der Waals surface area contributed by atoms with Gasteiger partial charge in [0.25, 0.3) is 0 Å². The van der Waals surface area contributed by atoms with Gasteiger partial charge < -0.3 is 20.0 Å². The van der Waals surface area contributed by atoms with Gasteiger partial charge in [0.2, 0.25) is 5.89 Å². The van der Waals surface area contributed by atoms with Crippen molar-refractivity contribution in [3.8, 4) is 0 Å². The topological polar surface area (TPSA) is 65.7 Å². The number of anilines is 1. The summed E-state index contributed by atoms with van der Waals surface area (Å²) in [6, 6.07) is 9.05. The Labute approximate surface area is 168 Å². The molecule has 0 bridgehead atoms. The highest BCUT2D eigenvalue weighted by Gasteiger charge is 2.23. The first-order valence-corrected chi connectivity index (χ1v) is 10.2. The standard InChI is InChI=1S/C22H33N5O/c1-6-23-21(26-15-20-24-14-19(28-20)22(3,4)5)25-13-16(2)27-12-11-17-9-7-8-10-18(17)27/h7-10,14,16H,6,11-13,15H2,1-5H3,(H2,23,25,26). The second kappa shape index (κ2) is 8.67. The number of nitrogens with one attached hydrogen (secondary N) is 2. The minimum atomic E-state index is -0.0425. The van der Waals surface area contributed by atoms with Crippen LogP contribution in [0.3, 0.4) is 0 Å². The van der Waals surface area contributed by atoms with E-state index >= 15 is 0 Å². The van der Waals surface area contributed by atoms with E-state index in [0.29, 0.717) is 18.5 Å². The third-order valence-electron chi connectivity index (χ3n) is 5.03. The highest BCUT2D eigenvalue weighted by molar-refractivity contribution is 5.79. The van der Waals surface area contributed by atoms with Gasteiger partial charge in [-0.1, -0.05) is 39.0 Å². The van der Waals surface area contributed by atoms with Crippen molar-refractivity contribution in [1.29, 1.82) is 0 Å². The molecule has 3 rings (SSSR count). The van der Waals surface area contributed by atoms with Crippen LogP contribution in [0.4, 0.5) is 5.69 Å². The van der Waals surface area contributed by atoms with Crippen LogP contribution in [-0.4, -0.2) is 36.6 Å². The molecule has 1 unspecified atom stereocenters. The van der Waals surface area contributed by atoms with Crippen LogP contribution in [0.5, 0.6) is 0 Å². The van der Waals surface area contributed by atoms with Crippen molar-refractivity contribution in [3.05, 3.63) is 47.7 Å². The predicted molar refractivity (Wildman–Crippen MR) is 115 cm³/mol. The molecule has 1 aromatic carbocycles. The summed E-state index contributed by atoms with van der Waals surface area (Å²) in [5.74, 6) is 2.32. The number of guanidine groups is 1. The number of hydrogen-bond donors (Lipinski definition) is 2. The number of benzene rings is 1. The van der Waals surface area contributed by atoms with E-state index in [1.165, 1.54) is 11.3 Å². The molecule has 6 heteroatoms. The van der Waals surface area contributed by atoms with Crippen LogP contribution in [0.1, 0.15) is 51.8 Å². The maximum Gasteiger partial charge on any atom is 0.216 e. The lowest BCUT2D eigenvalue weighted by atomic mass is 9.94. The van der Waals surface area contributed by atoms with Crippen LogP contribution in [-0.2, 0) is 18.4 Å². The van der Waals surface area contributed by atoms with Gasteiger partial charge in [0.1, 0.15) is 12.3 Å². The van der Waals surface area contributed by atoms with Crippen molar-refractivity contribution in [2.24, 2.45) is 4.99 Å². The van der Waals surface area contributed by atoms with E-state index in [1.54, 1.807) is 6.20 Å². The van der Waals surface area contributed by atoms with Gasteiger partial charge in [-0.2, -0.15) is 0 Å². The number of hydrogen-bond acceptors (Lipinski definition) is 4. The minimum Gasteiger partial charge on any atom is -0.443 e. The van der Waals surface area contributed by atoms with Gasteiger partial charge in [0, 0.05) is 36.8 Å². The molecule has 0 fully saturated rings. The average Bonchev–Trinajstić information content (AvgIpc) is 3.30. The first-order chi connectivity index (χ1) is 13.4. The molecule has 0 saturated carbocycles. The summed E-state index contributed by atoms with van der Waals surface area (Å²) >= 11 is 0. The van der Waals surface area contributed by atoms with Gasteiger partial charge in [0.05, 0.1) is 6.20 Å². The molecule has 1 aliphatic heterocycles. The number of oxazole rings is 1. The largest absolute Gasteiger partial charge is 0.443 e. The fraction of sp³-hybridized carbons (Fsp3) is 0.545. The average molecular weight is 384 g/mol. The number of aliphatic imine (C=N–C) groups is 1. The number of nitrogens with zero attached hydrogens (tertiary/aromatic N) is 3. The Morgan fingerprint density at radius 1 is 1.29 bits per heavy atom. The van der Waals surface area contributed by atoms with Crippen molar-refractivity contribution in [1.82, 2.24) is 15.6 Å². The summed E-state index contributed by atoms with van der Waals surface area (Å²) < 4.78 is 5.84. The van der Waals surface area contributed by atoms with Crippen molar-refractivity contribution in [2.75, 3.05) is 24.5 Å². The zero-order valence-corrected chi connectivity index (χ0v) is 17.7. The second-order valence-corrected chi connectivity index (χ2v) is 8.37. The molecule has 0 spiro atoms. The Morgan fingerprint density at radius 2 is 2.07 bits per heavy atom. The lowest BCUT2D eigenvalue weighted by Gasteiger charge is -2.28. The molecule has 0 amide bonds. The molecular formula is C22H33N5O. The van der Waals surface area contributed by atoms with E-state index in [0.717, 1.165) is 37.8 Å². The molecular weight excluding hydrogens is 350 g/mol. The minimum absolute atomic E-state index is 0.0425. The van der Waals surface area contributed by atoms with Gasteiger partial charge >= 0.3 is 0 Å². The zero-order chi connectivity index (χ0) is 20.1. The van der Waals surface area contributed by atoms with Gasteiger partial charge in [-0.05, 0) is 31.9 Å². The third-order valence-corrected chi connectivity index (χ3v) is 5.03. The van der Waals surface area contributed by atoms with E-state index in [1.807, 2.05) is 0 Å². The Morgan fingerprint density at radius 3 is 2.79 bits per heavy atom. The number of rotatable bonds is 6. The summed E-state index contributed by atoms with van der Waals surface area (Å²) in [5.41, 5.74) is 2.75. The van der Waals surface area contributed by atoms with Crippen LogP contribution in [0.2, 0.25) is 0 Å². The van der Waals surface area contributed by atoms with E-state index < -0.39 is 0 Å². The third kappa shape index (κ3) is 4.86. The molecule has 2 N–H and O–H groups in total. The van der Waals surface area contributed by atoms with E-state index in [-0.39, 0.29) is 5.41 Å². The van der Waals surface area contributed by atoms with Gasteiger partial charge in [0.15, 0.2) is 5.96 Å². The van der Waals surface area contributed by atoms with Crippen LogP contribution in [0.15, 0.2) is 39.9 Å². The molecule has 28 heavy (non-hydrogen) atoms. The SMILES string of the molecule is CCNC(=NCc1ncc(C(C)(C)C)o1)NCC(C)N1CCc2ccccc21. The molecule has 6 nitrogen and oxygen atoms in total. The number of aromatic nitrogens is 1. The molecule has 0 radical (unpaired) electrons. The molecule has 2 aromatic rings. The van der Waals surface area contributed by atoms with E-state index in [9.17, 15) is 0 Å². The lowest BCUT2D eigenvalue weighted by Crippen LogP contribution is -2.45. The Bertz CT molecular complexity index is 805. The highest BCUT2D eigenvalue weighted by Crippen LogP contribution is 2.28. The maximum absolute atomic E-state index is 5.84. The summed E-state index contributed by atoms with van der Waals surface area (Å²) in [6.45, 7) is 13.8. The summed E-state index contributed by atoms with van der Waals surface area (Å²) in [7, 11) is 0. The number of para-hydroxylation sites is 1. The Hall–Kier alpha value is -2.50. The van der Waals surface area contributed by atoms with Crippen molar-refractivity contribution in [3.63, 3.8) is 0 Å². The quantitative estimate of drug-likeness (QED) is 0.591. The summed E-state index contributed by atoms with van der Waals surface area (Å²) in [4.78, 5) is 11.5. The summed E-state index contributed by atoms with van der Waals surface area (Å²) in [5, 5.41) is 6.77. The fourth-order valence-electron chi connectivity index (χ4n) is 3.39. The maximum atomic E-state index is 5.84. The molecule has 2 heterocycles. The summed E-state index contributed by atoms with van der Waals surface area (Å²) in [6.07, 6.45) is 2.92. The highest BCUT2D eigenvalue weighted by atomic mass is 16.4. The van der Waals surface area contributed by atoms with Crippen molar-refractivity contribution >= 4 is 11.6 Å². The molecule has 1 atom stereocenters. The fourth-order valence-corrected chi connectivity index (χ4v) is 3.39. The van der Waals surface area contributed by atoms with Crippen LogP contribution in [0.25, 0.3) is 0 Å². The first-order valence-electron chi connectivity index (χ1n) is 10.2. The molecule has 0 saturated heterocycles. The zero-order valence-electron chi connectivity index (χ0n) is 17.7. The Kier molecular flexibility index (Phi) is 6.27. The van der Waals surface area contributed by atoms with Crippen LogP contribution >= 0.6 is 0 Å². The second-order valence-electron chi connectivity index (χ2n) is 8.37. The molecule has 1 aliphatic rings.